The van der Waals surface area contributed by atoms with E-state index in [4.69, 9.17) is 5.11 Å². The molecular weight excluding hydrogens is 116 g/mol. The Labute approximate surface area is 55.5 Å². The van der Waals surface area contributed by atoms with Gasteiger partial charge in [0.25, 0.3) is 0 Å². The molecule has 1 unspecified atom stereocenters. The van der Waals surface area contributed by atoms with Crippen LogP contribution in [0.2, 0.25) is 0 Å². The third-order valence-corrected chi connectivity index (χ3v) is 2.13. The van der Waals surface area contributed by atoms with E-state index in [1.54, 1.807) is 0 Å². The van der Waals surface area contributed by atoms with Gasteiger partial charge in [-0.1, -0.05) is 6.92 Å². The Hall–Kier alpha value is -0.0800. The summed E-state index contributed by atoms with van der Waals surface area (Å²) in [6, 6.07) is 0. The highest BCUT2D eigenvalue weighted by Crippen LogP contribution is 2.29. The molecule has 54 valence electrons. The molecule has 3 atom stereocenters. The quantitative estimate of drug-likeness (QED) is 0.539. The Morgan fingerprint density at radius 2 is 2.11 bits per heavy atom. The van der Waals surface area contributed by atoms with Crippen LogP contribution in [0.3, 0.4) is 0 Å². The molecule has 9 heavy (non-hydrogen) atoms. The third-order valence-electron chi connectivity index (χ3n) is 2.13. The van der Waals surface area contributed by atoms with Crippen molar-refractivity contribution in [1.29, 1.82) is 0 Å². The van der Waals surface area contributed by atoms with Crippen molar-refractivity contribution in [3.05, 3.63) is 0 Å². The zero-order chi connectivity index (χ0) is 6.85. The van der Waals surface area contributed by atoms with Gasteiger partial charge in [0.05, 0.1) is 6.10 Å². The van der Waals surface area contributed by atoms with Crippen LogP contribution in [-0.4, -0.2) is 22.9 Å². The molecule has 0 bridgehead atoms. The minimum absolute atomic E-state index is 0.144. The zero-order valence-electron chi connectivity index (χ0n) is 5.75. The summed E-state index contributed by atoms with van der Waals surface area (Å²) in [5, 5.41) is 17.9. The summed E-state index contributed by atoms with van der Waals surface area (Å²) < 4.78 is 0. The molecular formula is C7H14O2. The van der Waals surface area contributed by atoms with Gasteiger partial charge in [0.2, 0.25) is 0 Å². The van der Waals surface area contributed by atoms with E-state index in [2.05, 4.69) is 6.92 Å². The van der Waals surface area contributed by atoms with E-state index in [-0.39, 0.29) is 18.6 Å². The number of rotatable bonds is 1. The van der Waals surface area contributed by atoms with Crippen molar-refractivity contribution < 1.29 is 10.2 Å². The second kappa shape index (κ2) is 2.67. The van der Waals surface area contributed by atoms with Crippen molar-refractivity contribution in [3.63, 3.8) is 0 Å². The van der Waals surface area contributed by atoms with Crippen LogP contribution in [0.15, 0.2) is 0 Å². The molecule has 0 aromatic heterocycles. The molecule has 1 fully saturated rings. The van der Waals surface area contributed by atoms with Crippen LogP contribution in [0.4, 0.5) is 0 Å². The highest BCUT2D eigenvalue weighted by atomic mass is 16.3. The van der Waals surface area contributed by atoms with Crippen molar-refractivity contribution in [1.82, 2.24) is 0 Å². The van der Waals surface area contributed by atoms with E-state index in [0.29, 0.717) is 5.92 Å². The molecule has 2 N–H and O–H groups in total. The molecule has 0 radical (unpaired) electrons. The van der Waals surface area contributed by atoms with E-state index in [1.807, 2.05) is 0 Å². The molecule has 1 saturated carbocycles. The van der Waals surface area contributed by atoms with E-state index < -0.39 is 0 Å². The highest BCUT2D eigenvalue weighted by molar-refractivity contribution is 4.79. The molecule has 2 nitrogen and oxygen atoms in total. The first-order valence-corrected chi connectivity index (χ1v) is 3.53. The Bertz CT molecular complexity index is 92.9. The summed E-state index contributed by atoms with van der Waals surface area (Å²) in [5.41, 5.74) is 0. The first kappa shape index (κ1) is 7.03. The molecule has 1 aliphatic carbocycles. The summed E-state index contributed by atoms with van der Waals surface area (Å²) in [5.74, 6) is 0.747. The third kappa shape index (κ3) is 1.43. The van der Waals surface area contributed by atoms with Crippen LogP contribution in [0.25, 0.3) is 0 Å². The lowest BCUT2D eigenvalue weighted by Gasteiger charge is -2.08. The van der Waals surface area contributed by atoms with Gasteiger partial charge >= 0.3 is 0 Å². The summed E-state index contributed by atoms with van der Waals surface area (Å²) >= 11 is 0. The Kier molecular flexibility index (Phi) is 2.09. The number of aliphatic hydroxyl groups excluding tert-OH is 2. The first-order chi connectivity index (χ1) is 4.24. The smallest absolute Gasteiger partial charge is 0.0592 e. The zero-order valence-corrected chi connectivity index (χ0v) is 5.75. The van der Waals surface area contributed by atoms with Gasteiger partial charge in [0, 0.05) is 12.5 Å². The first-order valence-electron chi connectivity index (χ1n) is 3.53. The summed E-state index contributed by atoms with van der Waals surface area (Å²) in [6.45, 7) is 2.25. The van der Waals surface area contributed by atoms with Crippen molar-refractivity contribution in [2.75, 3.05) is 6.61 Å². The molecule has 0 aromatic carbocycles. The molecule has 0 spiro atoms. The number of hydrogen-bond donors (Lipinski definition) is 2. The Balaban J connectivity index is 2.38. The summed E-state index contributed by atoms with van der Waals surface area (Å²) in [7, 11) is 0. The fourth-order valence-electron chi connectivity index (χ4n) is 1.57. The second-order valence-electron chi connectivity index (χ2n) is 3.09. The largest absolute Gasteiger partial charge is 0.396 e. The average molecular weight is 130 g/mol. The predicted molar refractivity (Wildman–Crippen MR) is 35.0 cm³/mol. The van der Waals surface area contributed by atoms with Gasteiger partial charge in [0.1, 0.15) is 0 Å². The average Bonchev–Trinajstić information content (AvgIpc) is 2.10. The lowest BCUT2D eigenvalue weighted by molar-refractivity contribution is 0.0906. The van der Waals surface area contributed by atoms with Gasteiger partial charge in [-0.15, -0.1) is 0 Å². The molecule has 0 aromatic rings. The normalized spacial score (nSPS) is 43.7. The van der Waals surface area contributed by atoms with Gasteiger partial charge in [-0.3, -0.25) is 0 Å². The predicted octanol–water partition coefficient (Wildman–Crippen LogP) is 0.386. The minimum Gasteiger partial charge on any atom is -0.396 e. The van der Waals surface area contributed by atoms with Crippen molar-refractivity contribution in [2.24, 2.45) is 11.8 Å². The van der Waals surface area contributed by atoms with Crippen LogP contribution in [0.5, 0.6) is 0 Å². The van der Waals surface area contributed by atoms with E-state index in [1.165, 1.54) is 0 Å². The highest BCUT2D eigenvalue weighted by Gasteiger charge is 2.29. The van der Waals surface area contributed by atoms with E-state index in [0.717, 1.165) is 12.8 Å². The van der Waals surface area contributed by atoms with Crippen LogP contribution >= 0.6 is 0 Å². The second-order valence-corrected chi connectivity index (χ2v) is 3.09. The topological polar surface area (TPSA) is 40.5 Å². The summed E-state index contributed by atoms with van der Waals surface area (Å²) in [4.78, 5) is 0. The fourth-order valence-corrected chi connectivity index (χ4v) is 1.57. The molecule has 2 heteroatoms. The van der Waals surface area contributed by atoms with Crippen LogP contribution in [-0.2, 0) is 0 Å². The van der Waals surface area contributed by atoms with Crippen LogP contribution < -0.4 is 0 Å². The van der Waals surface area contributed by atoms with Crippen molar-refractivity contribution in [3.8, 4) is 0 Å². The molecule has 1 rings (SSSR count). The Morgan fingerprint density at radius 1 is 1.44 bits per heavy atom. The number of aliphatic hydroxyl groups is 2. The van der Waals surface area contributed by atoms with Crippen molar-refractivity contribution in [2.45, 2.75) is 25.9 Å². The summed E-state index contributed by atoms with van der Waals surface area (Å²) in [6.07, 6.45) is 1.60. The monoisotopic (exact) mass is 130 g/mol. The minimum atomic E-state index is -0.245. The SMILES string of the molecule is C[C@H]1CC(O)[C@H](CO)C1. The van der Waals surface area contributed by atoms with E-state index >= 15 is 0 Å². The van der Waals surface area contributed by atoms with Gasteiger partial charge in [-0.25, -0.2) is 0 Å². The lowest BCUT2D eigenvalue weighted by atomic mass is 10.1. The van der Waals surface area contributed by atoms with Gasteiger partial charge in [-0.05, 0) is 18.8 Å². The molecule has 0 amide bonds. The standard InChI is InChI=1S/C7H14O2/c1-5-2-6(4-8)7(9)3-5/h5-9H,2-4H2,1H3/t5-,6+,7?/m1/s1. The molecule has 0 saturated heterocycles. The van der Waals surface area contributed by atoms with Crippen molar-refractivity contribution >= 4 is 0 Å². The van der Waals surface area contributed by atoms with Gasteiger partial charge < -0.3 is 10.2 Å². The van der Waals surface area contributed by atoms with Crippen LogP contribution in [0, 0.1) is 11.8 Å². The van der Waals surface area contributed by atoms with E-state index in [9.17, 15) is 5.11 Å². The Morgan fingerprint density at radius 3 is 2.33 bits per heavy atom. The van der Waals surface area contributed by atoms with Gasteiger partial charge in [-0.2, -0.15) is 0 Å². The molecule has 0 heterocycles. The lowest BCUT2D eigenvalue weighted by Crippen LogP contribution is -2.16. The van der Waals surface area contributed by atoms with Gasteiger partial charge in [0.15, 0.2) is 0 Å². The fraction of sp³-hybridized carbons (Fsp3) is 1.00. The maximum atomic E-state index is 9.20. The van der Waals surface area contributed by atoms with Crippen LogP contribution in [0.1, 0.15) is 19.8 Å². The molecule has 1 aliphatic rings. The maximum Gasteiger partial charge on any atom is 0.0592 e. The maximum absolute atomic E-state index is 9.20. The number of hydrogen-bond acceptors (Lipinski definition) is 2. The molecule has 0 aliphatic heterocycles.